The first-order valence-corrected chi connectivity index (χ1v) is 6.94. The average Bonchev–Trinajstić information content (AvgIpc) is 2.69. The zero-order valence-corrected chi connectivity index (χ0v) is 13.3. The number of aromatic amines is 1. The minimum atomic E-state index is -0.296. The Bertz CT molecular complexity index is 710. The summed E-state index contributed by atoms with van der Waals surface area (Å²) < 4.78 is 7.37. The van der Waals surface area contributed by atoms with Crippen molar-refractivity contribution in [3.05, 3.63) is 39.4 Å². The Kier molecular flexibility index (Phi) is 4.42. The molecule has 7 heteroatoms. The zero-order chi connectivity index (χ0) is 15.6. The molecule has 0 aliphatic heterocycles. The van der Waals surface area contributed by atoms with Crippen molar-refractivity contribution in [3.8, 4) is 5.75 Å². The Labute approximate surface area is 128 Å². The number of carbonyl (C=O) groups is 1. The lowest BCUT2D eigenvalue weighted by Gasteiger charge is -2.13. The second-order valence-corrected chi connectivity index (χ2v) is 5.35. The minimum Gasteiger partial charge on any atom is -0.483 e. The van der Waals surface area contributed by atoms with E-state index in [1.54, 1.807) is 6.92 Å². The highest BCUT2D eigenvalue weighted by Crippen LogP contribution is 2.24. The van der Waals surface area contributed by atoms with Gasteiger partial charge in [-0.2, -0.15) is 5.10 Å². The van der Waals surface area contributed by atoms with E-state index in [-0.39, 0.29) is 12.5 Å². The summed E-state index contributed by atoms with van der Waals surface area (Å²) in [6.45, 7) is 7.60. The molecular weight excluding hydrogens is 288 g/mol. The normalized spacial score (nSPS) is 10.5. The molecule has 6 nitrogen and oxygen atoms in total. The van der Waals surface area contributed by atoms with Gasteiger partial charge in [-0.15, -0.1) is 0 Å². The molecule has 0 spiro atoms. The van der Waals surface area contributed by atoms with E-state index in [2.05, 4.69) is 15.6 Å². The van der Waals surface area contributed by atoms with Crippen LogP contribution in [0.5, 0.6) is 5.75 Å². The summed E-state index contributed by atoms with van der Waals surface area (Å²) in [5.74, 6) is 1.02. The van der Waals surface area contributed by atoms with Gasteiger partial charge in [0.25, 0.3) is 5.91 Å². The van der Waals surface area contributed by atoms with Gasteiger partial charge in [-0.1, -0.05) is 17.7 Å². The van der Waals surface area contributed by atoms with Gasteiger partial charge in [0.05, 0.1) is 0 Å². The van der Waals surface area contributed by atoms with E-state index < -0.39 is 0 Å². The molecule has 0 saturated carbocycles. The molecule has 0 fully saturated rings. The van der Waals surface area contributed by atoms with Gasteiger partial charge in [-0.05, 0) is 51.0 Å². The maximum atomic E-state index is 11.9. The summed E-state index contributed by atoms with van der Waals surface area (Å²) in [6, 6.07) is 4.05. The van der Waals surface area contributed by atoms with Gasteiger partial charge in [-0.25, -0.2) is 4.68 Å². The predicted molar refractivity (Wildman–Crippen MR) is 82.7 cm³/mol. The van der Waals surface area contributed by atoms with Gasteiger partial charge >= 0.3 is 0 Å². The van der Waals surface area contributed by atoms with E-state index >= 15 is 0 Å². The standard InChI is InChI=1S/C14H18N4O2S/c1-8-5-9(2)13(10(3)6-8)20-7-12(19)17-18-11(4)15-16-14(18)21/h5-6H,7H2,1-4H3,(H,16,21)(H,17,19). The number of hydrogen-bond acceptors (Lipinski definition) is 4. The lowest BCUT2D eigenvalue weighted by Crippen LogP contribution is -2.29. The van der Waals surface area contributed by atoms with Crippen molar-refractivity contribution in [2.75, 3.05) is 12.0 Å². The number of ether oxygens (including phenoxy) is 1. The summed E-state index contributed by atoms with van der Waals surface area (Å²) >= 11 is 5.01. The highest BCUT2D eigenvalue weighted by Gasteiger charge is 2.10. The first kappa shape index (κ1) is 15.2. The number of aryl methyl sites for hydroxylation is 4. The highest BCUT2D eigenvalue weighted by atomic mass is 32.1. The van der Waals surface area contributed by atoms with Crippen LogP contribution in [-0.2, 0) is 4.79 Å². The van der Waals surface area contributed by atoms with Crippen molar-refractivity contribution in [3.63, 3.8) is 0 Å². The molecule has 0 unspecified atom stereocenters. The van der Waals surface area contributed by atoms with Crippen LogP contribution in [0.15, 0.2) is 12.1 Å². The molecule has 21 heavy (non-hydrogen) atoms. The van der Waals surface area contributed by atoms with Crippen molar-refractivity contribution in [1.29, 1.82) is 0 Å². The third-order valence-corrected chi connectivity index (χ3v) is 3.30. The van der Waals surface area contributed by atoms with Gasteiger partial charge in [0.15, 0.2) is 6.61 Å². The third-order valence-electron chi connectivity index (χ3n) is 3.03. The lowest BCUT2D eigenvalue weighted by molar-refractivity contribution is -0.119. The molecule has 1 aromatic carbocycles. The number of carbonyl (C=O) groups excluding carboxylic acids is 1. The van der Waals surface area contributed by atoms with E-state index in [1.165, 1.54) is 10.2 Å². The first-order chi connectivity index (χ1) is 9.88. The molecule has 0 bridgehead atoms. The average molecular weight is 306 g/mol. The maximum Gasteiger partial charge on any atom is 0.276 e. The Hall–Kier alpha value is -2.15. The molecule has 0 saturated heterocycles. The fourth-order valence-electron chi connectivity index (χ4n) is 2.20. The fraction of sp³-hybridized carbons (Fsp3) is 0.357. The van der Waals surface area contributed by atoms with Crippen molar-refractivity contribution < 1.29 is 9.53 Å². The highest BCUT2D eigenvalue weighted by molar-refractivity contribution is 7.71. The Morgan fingerprint density at radius 1 is 1.33 bits per heavy atom. The van der Waals surface area contributed by atoms with Gasteiger partial charge in [0.1, 0.15) is 11.6 Å². The van der Waals surface area contributed by atoms with E-state index in [9.17, 15) is 4.79 Å². The summed E-state index contributed by atoms with van der Waals surface area (Å²) in [7, 11) is 0. The van der Waals surface area contributed by atoms with Crippen LogP contribution in [-0.4, -0.2) is 27.4 Å². The number of hydrogen-bond donors (Lipinski definition) is 2. The van der Waals surface area contributed by atoms with Crippen LogP contribution in [0.4, 0.5) is 0 Å². The van der Waals surface area contributed by atoms with Crippen molar-refractivity contribution >= 4 is 18.1 Å². The molecule has 2 aromatic rings. The van der Waals surface area contributed by atoms with E-state index in [0.29, 0.717) is 10.6 Å². The van der Waals surface area contributed by atoms with E-state index in [4.69, 9.17) is 17.0 Å². The van der Waals surface area contributed by atoms with Gasteiger partial charge in [0, 0.05) is 0 Å². The quantitative estimate of drug-likeness (QED) is 0.850. The molecule has 2 N–H and O–H groups in total. The SMILES string of the molecule is Cc1cc(C)c(OCC(=O)Nn2c(C)n[nH]c2=S)c(C)c1. The monoisotopic (exact) mass is 306 g/mol. The van der Waals surface area contributed by atoms with Crippen molar-refractivity contribution in [2.45, 2.75) is 27.7 Å². The summed E-state index contributed by atoms with van der Waals surface area (Å²) in [5.41, 5.74) is 5.82. The second-order valence-electron chi connectivity index (χ2n) is 4.96. The van der Waals surface area contributed by atoms with E-state index in [0.717, 1.165) is 16.9 Å². The third kappa shape index (κ3) is 3.49. The van der Waals surface area contributed by atoms with Crippen LogP contribution in [0.2, 0.25) is 0 Å². The molecule has 0 aliphatic rings. The maximum absolute atomic E-state index is 11.9. The molecule has 1 aromatic heterocycles. The summed E-state index contributed by atoms with van der Waals surface area (Å²) in [5, 5.41) is 6.52. The Morgan fingerprint density at radius 3 is 2.48 bits per heavy atom. The number of rotatable bonds is 4. The topological polar surface area (TPSA) is 71.9 Å². The number of benzene rings is 1. The van der Waals surface area contributed by atoms with Gasteiger partial charge < -0.3 is 4.74 Å². The Morgan fingerprint density at radius 2 is 1.95 bits per heavy atom. The molecule has 112 valence electrons. The number of nitrogens with one attached hydrogen (secondary N) is 2. The fourth-order valence-corrected chi connectivity index (χ4v) is 2.42. The smallest absolute Gasteiger partial charge is 0.276 e. The van der Waals surface area contributed by atoms with Crippen LogP contribution in [0.25, 0.3) is 0 Å². The zero-order valence-electron chi connectivity index (χ0n) is 12.5. The Balaban J connectivity index is 2.04. The van der Waals surface area contributed by atoms with Gasteiger partial charge in [0.2, 0.25) is 4.77 Å². The largest absolute Gasteiger partial charge is 0.483 e. The van der Waals surface area contributed by atoms with Gasteiger partial charge in [-0.3, -0.25) is 15.3 Å². The molecule has 0 aliphatic carbocycles. The number of nitrogens with zero attached hydrogens (tertiary/aromatic N) is 2. The second kappa shape index (κ2) is 6.09. The molecule has 1 heterocycles. The molecule has 1 amide bonds. The molecule has 0 radical (unpaired) electrons. The number of amides is 1. The van der Waals surface area contributed by atoms with E-state index in [1.807, 2.05) is 32.9 Å². The minimum absolute atomic E-state index is 0.0862. The van der Waals surface area contributed by atoms with Crippen LogP contribution >= 0.6 is 12.2 Å². The molecule has 0 atom stereocenters. The summed E-state index contributed by atoms with van der Waals surface area (Å²) in [6.07, 6.45) is 0. The van der Waals surface area contributed by atoms with Crippen LogP contribution in [0.1, 0.15) is 22.5 Å². The van der Waals surface area contributed by atoms with Crippen LogP contribution in [0, 0.1) is 32.5 Å². The first-order valence-electron chi connectivity index (χ1n) is 6.53. The molecule has 2 rings (SSSR count). The lowest BCUT2D eigenvalue weighted by atomic mass is 10.1. The number of H-pyrrole nitrogens is 1. The van der Waals surface area contributed by atoms with Crippen molar-refractivity contribution in [2.24, 2.45) is 0 Å². The summed E-state index contributed by atoms with van der Waals surface area (Å²) in [4.78, 5) is 11.9. The van der Waals surface area contributed by atoms with Crippen molar-refractivity contribution in [1.82, 2.24) is 14.9 Å². The van der Waals surface area contributed by atoms with Crippen LogP contribution in [0.3, 0.4) is 0 Å². The molecular formula is C14H18N4O2S. The number of aromatic nitrogens is 3. The predicted octanol–water partition coefficient (Wildman–Crippen LogP) is 2.32. The van der Waals surface area contributed by atoms with Crippen LogP contribution < -0.4 is 10.2 Å².